The lowest BCUT2D eigenvalue weighted by molar-refractivity contribution is 0.720. The zero-order valence-corrected chi connectivity index (χ0v) is 9.42. The Labute approximate surface area is 93.5 Å². The Bertz CT molecular complexity index is 536. The van der Waals surface area contributed by atoms with Crippen molar-refractivity contribution in [1.82, 2.24) is 14.5 Å². The second kappa shape index (κ2) is 4.40. The first-order valence-corrected chi connectivity index (χ1v) is 5.37. The number of nitrogens with zero attached hydrogens (tertiary/aromatic N) is 2. The van der Waals surface area contributed by atoms with E-state index in [4.69, 9.17) is 12.2 Å². The molecule has 4 heteroatoms. The van der Waals surface area contributed by atoms with Gasteiger partial charge < -0.3 is 9.55 Å². The van der Waals surface area contributed by atoms with E-state index in [-0.39, 0.29) is 0 Å². The van der Waals surface area contributed by atoms with Crippen molar-refractivity contribution in [3.63, 3.8) is 0 Å². The second-order valence-corrected chi connectivity index (χ2v) is 3.72. The molecule has 0 amide bonds. The van der Waals surface area contributed by atoms with Crippen LogP contribution in [0.4, 0.5) is 0 Å². The number of allylic oxidation sites excluding steroid dienone is 2. The summed E-state index contributed by atoms with van der Waals surface area (Å²) in [7, 11) is 0. The van der Waals surface area contributed by atoms with E-state index in [0.717, 1.165) is 28.8 Å². The highest BCUT2D eigenvalue weighted by Gasteiger charge is 2.01. The molecule has 0 aliphatic carbocycles. The number of fused-ring (bicyclic) bond motifs is 1. The SMILES string of the molecule is C/C=C/CCn1c(=S)[nH]c2cnccc21. The number of aryl methyl sites for hydroxylation is 1. The van der Waals surface area contributed by atoms with E-state index in [1.165, 1.54) is 0 Å². The minimum absolute atomic E-state index is 0.766. The molecule has 0 aliphatic rings. The van der Waals surface area contributed by atoms with Crippen molar-refractivity contribution in [2.45, 2.75) is 19.9 Å². The number of hydrogen-bond acceptors (Lipinski definition) is 2. The summed E-state index contributed by atoms with van der Waals surface area (Å²) in [5.41, 5.74) is 2.13. The first-order valence-electron chi connectivity index (χ1n) is 4.96. The molecule has 0 spiro atoms. The van der Waals surface area contributed by atoms with Gasteiger partial charge in [-0.25, -0.2) is 0 Å². The maximum absolute atomic E-state index is 5.26. The minimum Gasteiger partial charge on any atom is -0.329 e. The summed E-state index contributed by atoms with van der Waals surface area (Å²) in [6, 6.07) is 1.98. The van der Waals surface area contributed by atoms with Gasteiger partial charge >= 0.3 is 0 Å². The molecule has 0 atom stereocenters. The van der Waals surface area contributed by atoms with Gasteiger partial charge in [0.05, 0.1) is 17.2 Å². The number of imidazole rings is 1. The predicted octanol–water partition coefficient (Wildman–Crippen LogP) is 3.06. The van der Waals surface area contributed by atoms with Gasteiger partial charge in [0.1, 0.15) is 0 Å². The van der Waals surface area contributed by atoms with Crippen molar-refractivity contribution in [2.24, 2.45) is 0 Å². The van der Waals surface area contributed by atoms with Crippen LogP contribution in [-0.2, 0) is 6.54 Å². The maximum atomic E-state index is 5.26. The minimum atomic E-state index is 0.766. The molecule has 0 saturated heterocycles. The molecule has 1 N–H and O–H groups in total. The van der Waals surface area contributed by atoms with Crippen molar-refractivity contribution in [2.75, 3.05) is 0 Å². The Morgan fingerprint density at radius 2 is 2.47 bits per heavy atom. The summed E-state index contributed by atoms with van der Waals surface area (Å²) in [6.45, 7) is 2.94. The highest BCUT2D eigenvalue weighted by molar-refractivity contribution is 7.71. The summed E-state index contributed by atoms with van der Waals surface area (Å²) in [5, 5.41) is 0. The Kier molecular flexibility index (Phi) is 2.97. The van der Waals surface area contributed by atoms with Gasteiger partial charge in [0.15, 0.2) is 4.77 Å². The lowest BCUT2D eigenvalue weighted by atomic mass is 10.3. The van der Waals surface area contributed by atoms with Crippen LogP contribution in [0.2, 0.25) is 0 Å². The molecule has 78 valence electrons. The topological polar surface area (TPSA) is 33.6 Å². The van der Waals surface area contributed by atoms with Crippen LogP contribution in [0.15, 0.2) is 30.6 Å². The maximum Gasteiger partial charge on any atom is 0.178 e. The van der Waals surface area contributed by atoms with Gasteiger partial charge in [-0.1, -0.05) is 12.2 Å². The first-order chi connectivity index (χ1) is 7.33. The van der Waals surface area contributed by atoms with Gasteiger partial charge in [-0.05, 0) is 31.6 Å². The number of H-pyrrole nitrogens is 1. The molecule has 2 heterocycles. The van der Waals surface area contributed by atoms with Crippen molar-refractivity contribution in [1.29, 1.82) is 0 Å². The first kappa shape index (κ1) is 10.1. The Hall–Kier alpha value is -1.42. The van der Waals surface area contributed by atoms with Crippen LogP contribution in [0.1, 0.15) is 13.3 Å². The lowest BCUT2D eigenvalue weighted by Crippen LogP contribution is -1.96. The third-order valence-electron chi connectivity index (χ3n) is 2.33. The normalized spacial score (nSPS) is 11.5. The molecule has 0 aromatic carbocycles. The van der Waals surface area contributed by atoms with Crippen LogP contribution in [-0.4, -0.2) is 14.5 Å². The summed E-state index contributed by atoms with van der Waals surface area (Å²) in [4.78, 5) is 7.20. The number of rotatable bonds is 3. The van der Waals surface area contributed by atoms with Crippen molar-refractivity contribution in [3.8, 4) is 0 Å². The van der Waals surface area contributed by atoms with Crippen LogP contribution >= 0.6 is 12.2 Å². The molecular formula is C11H13N3S. The zero-order valence-electron chi connectivity index (χ0n) is 8.60. The van der Waals surface area contributed by atoms with Crippen LogP contribution in [0.3, 0.4) is 0 Å². The summed E-state index contributed by atoms with van der Waals surface area (Å²) < 4.78 is 2.87. The van der Waals surface area contributed by atoms with Crippen LogP contribution in [0.25, 0.3) is 11.0 Å². The lowest BCUT2D eigenvalue weighted by Gasteiger charge is -2.00. The fraction of sp³-hybridized carbons (Fsp3) is 0.273. The van der Waals surface area contributed by atoms with E-state index in [0.29, 0.717) is 0 Å². The largest absolute Gasteiger partial charge is 0.329 e. The number of aromatic nitrogens is 3. The van der Waals surface area contributed by atoms with E-state index >= 15 is 0 Å². The monoisotopic (exact) mass is 219 g/mol. The van der Waals surface area contributed by atoms with E-state index in [1.54, 1.807) is 12.4 Å². The van der Waals surface area contributed by atoms with E-state index in [1.807, 2.05) is 13.0 Å². The van der Waals surface area contributed by atoms with Gasteiger partial charge in [-0.3, -0.25) is 4.98 Å². The summed E-state index contributed by atoms with van der Waals surface area (Å²) in [5.74, 6) is 0. The van der Waals surface area contributed by atoms with Gasteiger partial charge in [0, 0.05) is 12.7 Å². The summed E-state index contributed by atoms with van der Waals surface area (Å²) in [6.07, 6.45) is 8.79. The average Bonchev–Trinajstić information content (AvgIpc) is 2.56. The Morgan fingerprint density at radius 1 is 1.60 bits per heavy atom. The average molecular weight is 219 g/mol. The third kappa shape index (κ3) is 1.99. The molecule has 0 radical (unpaired) electrons. The summed E-state index contributed by atoms with van der Waals surface area (Å²) >= 11 is 5.26. The Morgan fingerprint density at radius 3 is 3.27 bits per heavy atom. The molecule has 0 fully saturated rings. The van der Waals surface area contributed by atoms with Crippen LogP contribution in [0, 0.1) is 4.77 Å². The van der Waals surface area contributed by atoms with Crippen LogP contribution in [0.5, 0.6) is 0 Å². The molecule has 15 heavy (non-hydrogen) atoms. The number of aromatic amines is 1. The number of pyridine rings is 1. The van der Waals surface area contributed by atoms with E-state index < -0.39 is 0 Å². The van der Waals surface area contributed by atoms with E-state index in [9.17, 15) is 0 Å². The van der Waals surface area contributed by atoms with Gasteiger partial charge in [-0.15, -0.1) is 0 Å². The smallest absolute Gasteiger partial charge is 0.178 e. The predicted molar refractivity (Wildman–Crippen MR) is 64.3 cm³/mol. The van der Waals surface area contributed by atoms with E-state index in [2.05, 4.69) is 26.7 Å². The fourth-order valence-corrected chi connectivity index (χ4v) is 1.90. The van der Waals surface area contributed by atoms with Gasteiger partial charge in [-0.2, -0.15) is 0 Å². The van der Waals surface area contributed by atoms with Crippen molar-refractivity contribution >= 4 is 23.3 Å². The highest BCUT2D eigenvalue weighted by atomic mass is 32.1. The molecule has 0 bridgehead atoms. The quantitative estimate of drug-likeness (QED) is 0.636. The molecule has 0 aliphatic heterocycles. The highest BCUT2D eigenvalue weighted by Crippen LogP contribution is 2.12. The van der Waals surface area contributed by atoms with Gasteiger partial charge in [0.2, 0.25) is 0 Å². The van der Waals surface area contributed by atoms with Crippen molar-refractivity contribution < 1.29 is 0 Å². The third-order valence-corrected chi connectivity index (χ3v) is 2.65. The second-order valence-electron chi connectivity index (χ2n) is 3.33. The molecule has 0 saturated carbocycles. The number of nitrogens with one attached hydrogen (secondary N) is 1. The van der Waals surface area contributed by atoms with Gasteiger partial charge in [0.25, 0.3) is 0 Å². The molecule has 2 rings (SSSR count). The van der Waals surface area contributed by atoms with Crippen molar-refractivity contribution in [3.05, 3.63) is 35.4 Å². The standard InChI is InChI=1S/C11H13N3S/c1-2-3-4-7-14-10-5-6-12-8-9(10)13-11(14)15/h2-3,5-6,8H,4,7H2,1H3,(H,13,15)/b3-2+. The Balaban J connectivity index is 2.41. The molecule has 2 aromatic rings. The van der Waals surface area contributed by atoms with Crippen LogP contribution < -0.4 is 0 Å². The molecule has 0 unspecified atom stereocenters. The fourth-order valence-electron chi connectivity index (χ4n) is 1.60. The molecular weight excluding hydrogens is 206 g/mol. The number of hydrogen-bond donors (Lipinski definition) is 1. The molecule has 3 nitrogen and oxygen atoms in total. The molecule has 2 aromatic heterocycles. The zero-order chi connectivity index (χ0) is 10.7.